The molecule has 0 saturated carbocycles. The molecule has 26 heavy (non-hydrogen) atoms. The van der Waals surface area contributed by atoms with E-state index in [0.29, 0.717) is 0 Å². The number of H-pyrrole nitrogens is 1. The molecule has 140 valence electrons. The molecular weight excluding hydrogens is 347 g/mol. The zero-order valence-corrected chi connectivity index (χ0v) is 14.3. The van der Waals surface area contributed by atoms with E-state index in [2.05, 4.69) is 15.0 Å². The lowest BCUT2D eigenvalue weighted by Crippen LogP contribution is -2.50. The lowest BCUT2D eigenvalue weighted by molar-refractivity contribution is -0.114. The molecule has 2 aromatic heterocycles. The summed E-state index contributed by atoms with van der Waals surface area (Å²) in [5, 5.41) is 11.1. The number of aliphatic hydroxyl groups is 1. The van der Waals surface area contributed by atoms with Crippen molar-refractivity contribution in [3.05, 3.63) is 16.7 Å². The van der Waals surface area contributed by atoms with Gasteiger partial charge in [-0.1, -0.05) is 13.6 Å². The van der Waals surface area contributed by atoms with Crippen molar-refractivity contribution in [1.29, 1.82) is 2.67 Å². The van der Waals surface area contributed by atoms with Gasteiger partial charge in [0.15, 0.2) is 23.0 Å². The Bertz CT molecular complexity index is 902. The Labute approximate surface area is 152 Å². The highest BCUT2D eigenvalue weighted by molar-refractivity contribution is 6.25. The summed E-state index contributed by atoms with van der Waals surface area (Å²) >= 11 is 0. The van der Waals surface area contributed by atoms with Gasteiger partial charge in [0.1, 0.15) is 18.9 Å². The summed E-state index contributed by atoms with van der Waals surface area (Å²) in [6.07, 6.45) is -2.46. The van der Waals surface area contributed by atoms with Crippen molar-refractivity contribution in [1.82, 2.24) is 19.5 Å². The third-order valence-corrected chi connectivity index (χ3v) is 4.19. The third-order valence-electron chi connectivity index (χ3n) is 4.19. The topological polar surface area (TPSA) is 138 Å². The predicted octanol–water partition coefficient (Wildman–Crippen LogP) is -1.50. The third kappa shape index (κ3) is 3.00. The average molecular weight is 369 g/mol. The fourth-order valence-electron chi connectivity index (χ4n) is 3.05. The van der Waals surface area contributed by atoms with Crippen molar-refractivity contribution < 1.29 is 23.5 Å². The standard InChI is InChI=1S/C13H20B2FN5O5/c1-14-24-3-6-8(26-15-2)13(23,4-16)11(25-6)21-5-18-7-9(21)19-12(17)20-10(7)22/h5-6,8,11,14-15,23H,3-4H2,1-2H3,(H3,17,19,20,22)/t6-,8-,11-,13-/m1/s1/i14D,15D. The van der Waals surface area contributed by atoms with E-state index in [1.54, 1.807) is 0 Å². The quantitative estimate of drug-likeness (QED) is 0.502. The number of nitrogens with one attached hydrogen (secondary N) is 1. The van der Waals surface area contributed by atoms with Crippen LogP contribution in [0.5, 0.6) is 0 Å². The molecule has 0 spiro atoms. The summed E-state index contributed by atoms with van der Waals surface area (Å²) in [4.78, 5) is 22.2. The van der Waals surface area contributed by atoms with Gasteiger partial charge in [0, 0.05) is 2.67 Å². The number of anilines is 1. The maximum absolute atomic E-state index is 14.1. The van der Waals surface area contributed by atoms with Crippen molar-refractivity contribution in [3.8, 4) is 0 Å². The Balaban J connectivity index is 2.05. The van der Waals surface area contributed by atoms with E-state index in [1.165, 1.54) is 24.5 Å². The van der Waals surface area contributed by atoms with Crippen molar-refractivity contribution in [2.24, 2.45) is 0 Å². The lowest BCUT2D eigenvalue weighted by Gasteiger charge is -2.31. The fourth-order valence-corrected chi connectivity index (χ4v) is 3.05. The number of hydrogen-bond acceptors (Lipinski definition) is 8. The van der Waals surface area contributed by atoms with E-state index in [9.17, 15) is 14.3 Å². The van der Waals surface area contributed by atoms with Crippen LogP contribution in [0.4, 0.5) is 10.3 Å². The first-order valence-electron chi connectivity index (χ1n) is 9.10. The Hall–Kier alpha value is -1.95. The Morgan fingerprint density at radius 1 is 1.62 bits per heavy atom. The molecule has 1 aliphatic rings. The van der Waals surface area contributed by atoms with Gasteiger partial charge < -0.3 is 24.9 Å². The van der Waals surface area contributed by atoms with E-state index in [4.69, 9.17) is 22.5 Å². The Kier molecular flexibility index (Phi) is 4.59. The summed E-state index contributed by atoms with van der Waals surface area (Å²) in [5.41, 5.74) is 2.68. The summed E-state index contributed by atoms with van der Waals surface area (Å²) in [6, 6.07) is 0. The molecule has 1 fully saturated rings. The van der Waals surface area contributed by atoms with E-state index in [-0.39, 0.29) is 23.7 Å². The second-order valence-electron chi connectivity index (χ2n) is 5.79. The largest absolute Gasteiger partial charge is 0.437 e. The number of alkyl halides is 1. The molecule has 1 aliphatic heterocycles. The number of hydrogen-bond donors (Lipinski definition) is 3. The molecule has 1 saturated heterocycles. The van der Waals surface area contributed by atoms with Crippen LogP contribution in [0.15, 0.2) is 11.1 Å². The monoisotopic (exact) mass is 369 g/mol. The molecule has 4 N–H and O–H groups in total. The molecule has 10 nitrogen and oxygen atoms in total. The molecule has 0 amide bonds. The van der Waals surface area contributed by atoms with Crippen LogP contribution in [0.3, 0.4) is 0 Å². The predicted molar refractivity (Wildman–Crippen MR) is 94.2 cm³/mol. The Morgan fingerprint density at radius 3 is 3.04 bits per heavy atom. The summed E-state index contributed by atoms with van der Waals surface area (Å²) in [7, 11) is -1.97. The van der Waals surface area contributed by atoms with Gasteiger partial charge in [-0.2, -0.15) is 4.98 Å². The van der Waals surface area contributed by atoms with Crippen LogP contribution in [0.25, 0.3) is 11.2 Å². The summed E-state index contributed by atoms with van der Waals surface area (Å²) < 4.78 is 46.8. The molecule has 0 aromatic carbocycles. The number of ether oxygens (including phenoxy) is 1. The zero-order chi connectivity index (χ0) is 20.6. The second-order valence-corrected chi connectivity index (χ2v) is 5.79. The van der Waals surface area contributed by atoms with Gasteiger partial charge in [-0.25, -0.2) is 9.37 Å². The van der Waals surface area contributed by atoms with Crippen molar-refractivity contribution in [2.45, 2.75) is 37.7 Å². The van der Waals surface area contributed by atoms with Crippen LogP contribution in [-0.4, -0.2) is 73.3 Å². The van der Waals surface area contributed by atoms with E-state index in [0.717, 1.165) is 0 Å². The minimum Gasteiger partial charge on any atom is -0.437 e. The molecular formula is C13H20B2FN5O5. The van der Waals surface area contributed by atoms with E-state index >= 15 is 0 Å². The van der Waals surface area contributed by atoms with Crippen molar-refractivity contribution >= 4 is 32.0 Å². The number of aromatic amines is 1. The van der Waals surface area contributed by atoms with Crippen LogP contribution in [0.1, 0.15) is 6.23 Å². The van der Waals surface area contributed by atoms with Gasteiger partial charge in [0.25, 0.3) is 20.5 Å². The number of nitrogens with zero attached hydrogens (tertiary/aromatic N) is 3. The molecule has 13 heteroatoms. The van der Waals surface area contributed by atoms with Gasteiger partial charge >= 0.3 is 0 Å². The molecule has 3 heterocycles. The second kappa shape index (κ2) is 7.35. The molecule has 4 atom stereocenters. The summed E-state index contributed by atoms with van der Waals surface area (Å²) in [6.45, 7) is 1.44. The first-order chi connectivity index (χ1) is 13.2. The number of fused-ring (bicyclic) bond motifs is 1. The smallest absolute Gasteiger partial charge is 0.280 e. The number of halogens is 1. The summed E-state index contributed by atoms with van der Waals surface area (Å²) in [5.74, 6) is -0.184. The molecule has 2 aromatic rings. The number of nitrogen functional groups attached to an aromatic ring is 1. The highest BCUT2D eigenvalue weighted by Gasteiger charge is 2.57. The van der Waals surface area contributed by atoms with Crippen LogP contribution >= 0.6 is 0 Å². The van der Waals surface area contributed by atoms with Gasteiger partial charge in [-0.05, 0) is 0 Å². The van der Waals surface area contributed by atoms with Gasteiger partial charge in [-0.3, -0.25) is 14.3 Å². The maximum Gasteiger partial charge on any atom is 0.280 e. The SMILES string of the molecule is [2H]B(C)OC[C@H]1O[C@@H](n2cnc3c(=O)[nH]c(N)nc32)[C@@](O)(CF)[C@@H]1OB([2H])C. The van der Waals surface area contributed by atoms with E-state index in [1.807, 2.05) is 0 Å². The zero-order valence-electron chi connectivity index (χ0n) is 16.3. The molecule has 3 rings (SSSR count). The van der Waals surface area contributed by atoms with E-state index < -0.39 is 51.2 Å². The molecule has 0 radical (unpaired) electrons. The van der Waals surface area contributed by atoms with Crippen LogP contribution in [0, 0.1) is 0 Å². The lowest BCUT2D eigenvalue weighted by atomic mass is 9.92. The van der Waals surface area contributed by atoms with Crippen LogP contribution in [0.2, 0.25) is 13.6 Å². The van der Waals surface area contributed by atoms with Crippen LogP contribution < -0.4 is 11.3 Å². The number of imidazole rings is 1. The fraction of sp³-hybridized carbons (Fsp3) is 0.615. The minimum atomic E-state index is -2.22. The number of rotatable bonds is 7. The van der Waals surface area contributed by atoms with Gasteiger partial charge in [-0.15, -0.1) is 0 Å². The number of aromatic nitrogens is 4. The molecule has 0 bridgehead atoms. The first kappa shape index (κ1) is 16.2. The van der Waals surface area contributed by atoms with Gasteiger partial charge in [0.2, 0.25) is 5.95 Å². The first-order valence-corrected chi connectivity index (χ1v) is 7.95. The molecule has 0 unspecified atom stereocenters. The van der Waals surface area contributed by atoms with Gasteiger partial charge in [0.05, 0.1) is 12.9 Å². The normalized spacial score (nSPS) is 29.6. The average Bonchev–Trinajstić information content (AvgIpc) is 3.13. The maximum atomic E-state index is 14.1. The van der Waals surface area contributed by atoms with Crippen molar-refractivity contribution in [3.63, 3.8) is 0 Å². The highest BCUT2D eigenvalue weighted by Crippen LogP contribution is 2.41. The number of nitrogens with two attached hydrogens (primary N) is 1. The van der Waals surface area contributed by atoms with Crippen molar-refractivity contribution in [2.75, 3.05) is 19.0 Å². The minimum absolute atomic E-state index is 0.00813. The highest BCUT2D eigenvalue weighted by atomic mass is 19.1. The Morgan fingerprint density at radius 2 is 2.38 bits per heavy atom. The molecule has 0 aliphatic carbocycles. The van der Waals surface area contributed by atoms with Crippen LogP contribution in [-0.2, 0) is 14.0 Å².